The highest BCUT2D eigenvalue weighted by Gasteiger charge is 2.43. The molecule has 0 bridgehead atoms. The molecule has 0 heterocycles. The second kappa shape index (κ2) is 6.42. The van der Waals surface area contributed by atoms with Gasteiger partial charge in [-0.25, -0.2) is 9.78 Å². The summed E-state index contributed by atoms with van der Waals surface area (Å²) in [6.07, 6.45) is 0.297. The van der Waals surface area contributed by atoms with Gasteiger partial charge in [-0.2, -0.15) is 0 Å². The van der Waals surface area contributed by atoms with Crippen LogP contribution in [-0.2, 0) is 14.6 Å². The average Bonchev–Trinajstić information content (AvgIpc) is 2.21. The number of hydrogen-bond donors (Lipinski definition) is 1. The molecule has 0 spiro atoms. The Hall–Kier alpha value is -0.320. The highest BCUT2D eigenvalue weighted by Crippen LogP contribution is 2.32. The first-order valence-corrected chi connectivity index (χ1v) is 6.98. The number of carboxylic acids is 1. The van der Waals surface area contributed by atoms with Crippen LogP contribution in [0.3, 0.4) is 0 Å². The molecule has 0 aromatic carbocycles. The van der Waals surface area contributed by atoms with E-state index in [1.807, 2.05) is 13.8 Å². The molecule has 114 valence electrons. The first-order chi connectivity index (χ1) is 8.34. The van der Waals surface area contributed by atoms with Crippen LogP contribution >= 0.6 is 11.6 Å². The molecule has 2 atom stereocenters. The topological polar surface area (TPSA) is 55.8 Å². The van der Waals surface area contributed by atoms with Crippen molar-refractivity contribution in [2.75, 3.05) is 0 Å². The minimum atomic E-state index is -1.46. The Morgan fingerprint density at radius 2 is 1.74 bits per heavy atom. The third-order valence-electron chi connectivity index (χ3n) is 2.89. The maximum atomic E-state index is 11.2. The molecule has 19 heavy (non-hydrogen) atoms. The van der Waals surface area contributed by atoms with Crippen LogP contribution in [-0.4, -0.2) is 27.7 Å². The first kappa shape index (κ1) is 18.7. The van der Waals surface area contributed by atoms with Crippen molar-refractivity contribution in [2.45, 2.75) is 77.9 Å². The third kappa shape index (κ3) is 6.11. The molecule has 0 radical (unpaired) electrons. The molecule has 5 heteroatoms. The summed E-state index contributed by atoms with van der Waals surface area (Å²) in [5.74, 6) is -1.10. The molecule has 0 aromatic rings. The number of alkyl halides is 1. The number of hydrogen-bond acceptors (Lipinski definition) is 3. The number of rotatable bonds is 7. The normalized spacial score (nSPS) is 17.9. The molecular weight excluding hydrogens is 268 g/mol. The van der Waals surface area contributed by atoms with E-state index in [1.165, 1.54) is 0 Å². The summed E-state index contributed by atoms with van der Waals surface area (Å²) in [6.45, 7) is 13.5. The molecule has 0 aromatic heterocycles. The zero-order valence-electron chi connectivity index (χ0n) is 13.0. The van der Waals surface area contributed by atoms with Crippen molar-refractivity contribution in [3.63, 3.8) is 0 Å². The van der Waals surface area contributed by atoms with E-state index >= 15 is 0 Å². The predicted molar refractivity (Wildman–Crippen MR) is 76.3 cm³/mol. The summed E-state index contributed by atoms with van der Waals surface area (Å²) in [7, 11) is 0. The Bertz CT molecular complexity index is 309. The lowest BCUT2D eigenvalue weighted by molar-refractivity contribution is -0.381. The van der Waals surface area contributed by atoms with Gasteiger partial charge in [0.1, 0.15) is 6.10 Å². The minimum Gasteiger partial charge on any atom is -0.480 e. The largest absolute Gasteiger partial charge is 0.480 e. The van der Waals surface area contributed by atoms with Crippen LogP contribution in [0.2, 0.25) is 0 Å². The lowest BCUT2D eigenvalue weighted by atomic mass is 9.84. The van der Waals surface area contributed by atoms with Crippen LogP contribution in [0.1, 0.15) is 61.3 Å². The molecule has 4 nitrogen and oxygen atoms in total. The number of carboxylic acid groups (broad SMARTS) is 1. The van der Waals surface area contributed by atoms with Crippen LogP contribution in [0, 0.1) is 5.41 Å². The fraction of sp³-hybridized carbons (Fsp3) is 0.929. The molecule has 0 aliphatic carbocycles. The molecule has 0 fully saturated rings. The van der Waals surface area contributed by atoms with Crippen molar-refractivity contribution >= 4 is 17.6 Å². The fourth-order valence-electron chi connectivity index (χ4n) is 2.20. The van der Waals surface area contributed by atoms with Crippen LogP contribution in [0.15, 0.2) is 0 Å². The van der Waals surface area contributed by atoms with Crippen LogP contribution in [0.5, 0.6) is 0 Å². The third-order valence-corrected chi connectivity index (χ3v) is 3.62. The van der Waals surface area contributed by atoms with E-state index < -0.39 is 22.5 Å². The lowest BCUT2D eigenvalue weighted by Gasteiger charge is -2.34. The van der Waals surface area contributed by atoms with Gasteiger partial charge in [-0.1, -0.05) is 27.7 Å². The minimum absolute atomic E-state index is 0.0890. The van der Waals surface area contributed by atoms with Crippen molar-refractivity contribution in [3.05, 3.63) is 0 Å². The monoisotopic (exact) mass is 294 g/mol. The van der Waals surface area contributed by atoms with Crippen molar-refractivity contribution in [1.29, 1.82) is 0 Å². The van der Waals surface area contributed by atoms with Crippen LogP contribution in [0.4, 0.5) is 0 Å². The van der Waals surface area contributed by atoms with Gasteiger partial charge in [0.15, 0.2) is 4.87 Å². The van der Waals surface area contributed by atoms with Gasteiger partial charge in [0.2, 0.25) is 0 Å². The van der Waals surface area contributed by atoms with E-state index in [4.69, 9.17) is 26.5 Å². The van der Waals surface area contributed by atoms with E-state index in [1.54, 1.807) is 13.8 Å². The Labute approximate surface area is 121 Å². The van der Waals surface area contributed by atoms with E-state index in [0.29, 0.717) is 0 Å². The zero-order valence-corrected chi connectivity index (χ0v) is 13.8. The van der Waals surface area contributed by atoms with Gasteiger partial charge in [-0.3, -0.25) is 4.79 Å². The van der Waals surface area contributed by atoms with E-state index in [9.17, 15) is 4.79 Å². The van der Waals surface area contributed by atoms with Gasteiger partial charge in [0, 0.05) is 0 Å². The highest BCUT2D eigenvalue weighted by molar-refractivity contribution is 6.34. The fourth-order valence-corrected chi connectivity index (χ4v) is 2.23. The quantitative estimate of drug-likeness (QED) is 0.438. The number of carbonyl (C=O) groups is 1. The van der Waals surface area contributed by atoms with E-state index in [0.717, 1.165) is 6.42 Å². The molecule has 0 aliphatic heterocycles. The predicted octanol–water partition coefficient (Wildman–Crippen LogP) is 4.01. The lowest BCUT2D eigenvalue weighted by Crippen LogP contribution is -2.45. The van der Waals surface area contributed by atoms with Gasteiger partial charge in [0.05, 0.1) is 5.60 Å². The van der Waals surface area contributed by atoms with Gasteiger partial charge in [0.25, 0.3) is 0 Å². The van der Waals surface area contributed by atoms with Gasteiger partial charge in [-0.05, 0) is 39.0 Å². The molecular formula is C14H27ClO4. The van der Waals surface area contributed by atoms with Crippen molar-refractivity contribution < 1.29 is 19.7 Å². The number of aliphatic carboxylic acids is 1. The van der Waals surface area contributed by atoms with Crippen LogP contribution in [0.25, 0.3) is 0 Å². The summed E-state index contributed by atoms with van der Waals surface area (Å²) in [6, 6.07) is 0. The summed E-state index contributed by atoms with van der Waals surface area (Å²) < 4.78 is 0. The summed E-state index contributed by atoms with van der Waals surface area (Å²) >= 11 is 6.07. The maximum absolute atomic E-state index is 11.2. The van der Waals surface area contributed by atoms with Crippen LogP contribution < -0.4 is 0 Å². The van der Waals surface area contributed by atoms with Crippen molar-refractivity contribution in [1.82, 2.24) is 0 Å². The summed E-state index contributed by atoms with van der Waals surface area (Å²) in [5.41, 5.74) is -0.414. The van der Waals surface area contributed by atoms with E-state index in [-0.39, 0.29) is 11.8 Å². The van der Waals surface area contributed by atoms with Gasteiger partial charge >= 0.3 is 5.97 Å². The van der Waals surface area contributed by atoms with Gasteiger partial charge in [-0.15, -0.1) is 11.6 Å². The molecule has 2 unspecified atom stereocenters. The molecule has 0 amide bonds. The molecule has 0 saturated carbocycles. The maximum Gasteiger partial charge on any atom is 0.327 e. The smallest absolute Gasteiger partial charge is 0.327 e. The average molecular weight is 295 g/mol. The second-order valence-electron chi connectivity index (χ2n) is 6.84. The van der Waals surface area contributed by atoms with Gasteiger partial charge < -0.3 is 5.11 Å². The zero-order chi connectivity index (χ0) is 15.5. The number of halogens is 1. The summed E-state index contributed by atoms with van der Waals surface area (Å²) in [5, 5.41) is 9.15. The Morgan fingerprint density at radius 1 is 1.26 bits per heavy atom. The standard InChI is InChI=1S/C14H27ClO4/c1-8-14(15,11(16)17)10(2)18-19-13(6,7)9-12(3,4)5/h10H,8-9H2,1-7H3,(H,16,17). The van der Waals surface area contributed by atoms with E-state index in [2.05, 4.69) is 20.8 Å². The first-order valence-electron chi connectivity index (χ1n) is 6.61. The van der Waals surface area contributed by atoms with Crippen molar-refractivity contribution in [3.8, 4) is 0 Å². The Morgan fingerprint density at radius 3 is 2.05 bits per heavy atom. The molecule has 0 rings (SSSR count). The molecule has 1 N–H and O–H groups in total. The molecule has 0 saturated heterocycles. The molecule has 0 aliphatic rings. The Kier molecular flexibility index (Phi) is 6.31. The summed E-state index contributed by atoms with van der Waals surface area (Å²) in [4.78, 5) is 20.4. The highest BCUT2D eigenvalue weighted by atomic mass is 35.5. The Balaban J connectivity index is 4.59. The second-order valence-corrected chi connectivity index (χ2v) is 7.51. The SMILES string of the molecule is CCC(Cl)(C(=O)O)C(C)OOC(C)(C)CC(C)(C)C. The van der Waals surface area contributed by atoms with Crippen molar-refractivity contribution in [2.24, 2.45) is 5.41 Å².